The average molecular weight is 372 g/mol. The summed E-state index contributed by atoms with van der Waals surface area (Å²) in [6.07, 6.45) is 6.61. The SMILES string of the molecule is O=C(c1cnn2c(-c3ccc4cc[nH]c(=O)c4c3)cccc12)N1CCCCC1. The molecule has 3 aromatic heterocycles. The van der Waals surface area contributed by atoms with E-state index in [9.17, 15) is 9.59 Å². The molecule has 0 radical (unpaired) electrons. The number of nitrogens with one attached hydrogen (secondary N) is 1. The van der Waals surface area contributed by atoms with E-state index in [0.29, 0.717) is 10.9 Å². The number of H-pyrrole nitrogens is 1. The predicted octanol–water partition coefficient (Wildman–Crippen LogP) is 3.47. The monoisotopic (exact) mass is 372 g/mol. The number of pyridine rings is 2. The second kappa shape index (κ2) is 6.64. The predicted molar refractivity (Wildman–Crippen MR) is 109 cm³/mol. The summed E-state index contributed by atoms with van der Waals surface area (Å²) in [5.41, 5.74) is 3.03. The molecule has 28 heavy (non-hydrogen) atoms. The third-order valence-electron chi connectivity index (χ3n) is 5.49. The van der Waals surface area contributed by atoms with Gasteiger partial charge >= 0.3 is 0 Å². The molecule has 1 saturated heterocycles. The molecule has 0 saturated carbocycles. The molecule has 1 amide bonds. The summed E-state index contributed by atoms with van der Waals surface area (Å²) in [5.74, 6) is 0.0433. The van der Waals surface area contributed by atoms with E-state index in [1.54, 1.807) is 16.9 Å². The molecule has 0 unspecified atom stereocenters. The second-order valence-corrected chi connectivity index (χ2v) is 7.23. The highest BCUT2D eigenvalue weighted by Gasteiger charge is 2.22. The molecule has 1 aromatic carbocycles. The number of amides is 1. The number of hydrogen-bond donors (Lipinski definition) is 1. The Labute approximate surface area is 161 Å². The average Bonchev–Trinajstić information content (AvgIpc) is 3.18. The normalized spacial score (nSPS) is 14.6. The number of carbonyl (C=O) groups is 1. The van der Waals surface area contributed by atoms with Gasteiger partial charge in [-0.3, -0.25) is 9.59 Å². The van der Waals surface area contributed by atoms with Gasteiger partial charge in [-0.2, -0.15) is 5.10 Å². The highest BCUT2D eigenvalue weighted by Crippen LogP contribution is 2.25. The number of nitrogens with zero attached hydrogens (tertiary/aromatic N) is 3. The fourth-order valence-corrected chi connectivity index (χ4v) is 4.00. The van der Waals surface area contributed by atoms with Crippen molar-refractivity contribution in [3.05, 3.63) is 70.8 Å². The minimum Gasteiger partial charge on any atom is -0.339 e. The Kier molecular flexibility index (Phi) is 3.97. The van der Waals surface area contributed by atoms with Crippen LogP contribution < -0.4 is 5.56 Å². The standard InChI is InChI=1S/C22H20N4O2/c27-21-17-13-16(8-7-15(17)9-10-23-21)19-5-4-6-20-18(14-24-26(19)20)22(28)25-11-2-1-3-12-25/h4-10,13-14H,1-3,11-12H2,(H,23,27). The second-order valence-electron chi connectivity index (χ2n) is 7.23. The number of fused-ring (bicyclic) bond motifs is 2. The summed E-state index contributed by atoms with van der Waals surface area (Å²) in [7, 11) is 0. The van der Waals surface area contributed by atoms with E-state index in [2.05, 4.69) is 10.1 Å². The number of benzene rings is 1. The Morgan fingerprint density at radius 2 is 1.89 bits per heavy atom. The maximum atomic E-state index is 13.0. The van der Waals surface area contributed by atoms with Crippen molar-refractivity contribution in [3.8, 4) is 11.3 Å². The highest BCUT2D eigenvalue weighted by molar-refractivity contribution is 6.01. The van der Waals surface area contributed by atoms with Gasteiger partial charge in [0.2, 0.25) is 0 Å². The lowest BCUT2D eigenvalue weighted by Gasteiger charge is -2.26. The third kappa shape index (κ3) is 2.69. The van der Waals surface area contributed by atoms with Crippen LogP contribution in [-0.2, 0) is 0 Å². The lowest BCUT2D eigenvalue weighted by Crippen LogP contribution is -2.35. The number of piperidine rings is 1. The number of aromatic nitrogens is 3. The first-order valence-corrected chi connectivity index (χ1v) is 9.60. The largest absolute Gasteiger partial charge is 0.339 e. The fourth-order valence-electron chi connectivity index (χ4n) is 4.00. The van der Waals surface area contributed by atoms with Crippen molar-refractivity contribution >= 4 is 22.2 Å². The molecular weight excluding hydrogens is 352 g/mol. The maximum absolute atomic E-state index is 13.0. The van der Waals surface area contributed by atoms with Crippen molar-refractivity contribution in [1.82, 2.24) is 19.5 Å². The summed E-state index contributed by atoms with van der Waals surface area (Å²) in [5, 5.41) is 6.02. The lowest BCUT2D eigenvalue weighted by molar-refractivity contribution is 0.0726. The van der Waals surface area contributed by atoms with Crippen molar-refractivity contribution in [3.63, 3.8) is 0 Å². The topological polar surface area (TPSA) is 70.5 Å². The molecule has 6 heteroatoms. The Morgan fingerprint density at radius 3 is 2.75 bits per heavy atom. The van der Waals surface area contributed by atoms with Gasteiger partial charge in [0.1, 0.15) is 0 Å². The maximum Gasteiger partial charge on any atom is 0.257 e. The quantitative estimate of drug-likeness (QED) is 0.586. The molecule has 0 aliphatic carbocycles. The molecule has 6 nitrogen and oxygen atoms in total. The molecule has 0 atom stereocenters. The van der Waals surface area contributed by atoms with Crippen molar-refractivity contribution in [2.75, 3.05) is 13.1 Å². The molecule has 1 N–H and O–H groups in total. The molecule has 1 aliphatic heterocycles. The minimum atomic E-state index is -0.118. The first-order chi connectivity index (χ1) is 13.7. The first kappa shape index (κ1) is 16.7. The minimum absolute atomic E-state index is 0.0433. The van der Waals surface area contributed by atoms with Crippen molar-refractivity contribution < 1.29 is 4.79 Å². The smallest absolute Gasteiger partial charge is 0.257 e. The van der Waals surface area contributed by atoms with Crippen molar-refractivity contribution in [2.45, 2.75) is 19.3 Å². The van der Waals surface area contributed by atoms with E-state index in [0.717, 1.165) is 48.1 Å². The summed E-state index contributed by atoms with van der Waals surface area (Å²) >= 11 is 0. The van der Waals surface area contributed by atoms with Gasteiger partial charge in [0.05, 0.1) is 23.0 Å². The number of aromatic amines is 1. The number of carbonyl (C=O) groups excluding carboxylic acids is 1. The van der Waals surface area contributed by atoms with Crippen LogP contribution in [0.25, 0.3) is 27.5 Å². The van der Waals surface area contributed by atoms with E-state index in [1.807, 2.05) is 47.4 Å². The molecular formula is C22H20N4O2. The van der Waals surface area contributed by atoms with Crippen LogP contribution in [0.2, 0.25) is 0 Å². The first-order valence-electron chi connectivity index (χ1n) is 9.60. The number of likely N-dealkylation sites (tertiary alicyclic amines) is 1. The highest BCUT2D eigenvalue weighted by atomic mass is 16.2. The summed E-state index contributed by atoms with van der Waals surface area (Å²) in [6.45, 7) is 1.62. The molecule has 0 spiro atoms. The Bertz CT molecular complexity index is 1250. The van der Waals surface area contributed by atoms with Crippen LogP contribution in [0, 0.1) is 0 Å². The van der Waals surface area contributed by atoms with Crippen LogP contribution in [-0.4, -0.2) is 38.5 Å². The zero-order valence-corrected chi connectivity index (χ0v) is 15.4. The van der Waals surface area contributed by atoms with Crippen molar-refractivity contribution in [2.24, 2.45) is 0 Å². The summed E-state index contributed by atoms with van der Waals surface area (Å²) in [4.78, 5) is 29.8. The van der Waals surface area contributed by atoms with Crippen LogP contribution in [0.15, 0.2) is 59.7 Å². The molecule has 4 aromatic rings. The molecule has 4 heterocycles. The number of rotatable bonds is 2. The van der Waals surface area contributed by atoms with Crippen LogP contribution in [0.4, 0.5) is 0 Å². The zero-order chi connectivity index (χ0) is 19.1. The van der Waals surface area contributed by atoms with E-state index >= 15 is 0 Å². The van der Waals surface area contributed by atoms with E-state index in [4.69, 9.17) is 0 Å². The fraction of sp³-hybridized carbons (Fsp3) is 0.227. The molecule has 140 valence electrons. The van der Waals surface area contributed by atoms with Crippen LogP contribution in [0.1, 0.15) is 29.6 Å². The lowest BCUT2D eigenvalue weighted by atomic mass is 10.1. The van der Waals surface area contributed by atoms with Crippen molar-refractivity contribution in [1.29, 1.82) is 0 Å². The van der Waals surface area contributed by atoms with Gasteiger partial charge in [0, 0.05) is 30.2 Å². The molecule has 0 bridgehead atoms. The van der Waals surface area contributed by atoms with E-state index in [-0.39, 0.29) is 11.5 Å². The van der Waals surface area contributed by atoms with Gasteiger partial charge in [-0.15, -0.1) is 0 Å². The summed E-state index contributed by atoms with van der Waals surface area (Å²) < 4.78 is 1.79. The molecule has 1 aliphatic rings. The van der Waals surface area contributed by atoms with E-state index < -0.39 is 0 Å². The molecule has 5 rings (SSSR count). The van der Waals surface area contributed by atoms with Gasteiger partial charge in [-0.1, -0.05) is 18.2 Å². The van der Waals surface area contributed by atoms with E-state index in [1.165, 1.54) is 6.42 Å². The Morgan fingerprint density at radius 1 is 1.04 bits per heavy atom. The van der Waals surface area contributed by atoms with Gasteiger partial charge in [0.15, 0.2) is 0 Å². The van der Waals surface area contributed by atoms with Gasteiger partial charge in [-0.25, -0.2) is 4.52 Å². The van der Waals surface area contributed by atoms with Crippen LogP contribution in [0.3, 0.4) is 0 Å². The Hall–Kier alpha value is -3.41. The molecule has 1 fully saturated rings. The number of hydrogen-bond acceptors (Lipinski definition) is 3. The van der Waals surface area contributed by atoms with Crippen LogP contribution >= 0.6 is 0 Å². The zero-order valence-electron chi connectivity index (χ0n) is 15.4. The van der Waals surface area contributed by atoms with Crippen LogP contribution in [0.5, 0.6) is 0 Å². The summed E-state index contributed by atoms with van der Waals surface area (Å²) in [6, 6.07) is 13.5. The Balaban J connectivity index is 1.62. The van der Waals surface area contributed by atoms with Gasteiger partial charge < -0.3 is 9.88 Å². The third-order valence-corrected chi connectivity index (χ3v) is 5.49. The van der Waals surface area contributed by atoms with Gasteiger partial charge in [-0.05, 0) is 48.9 Å². The van der Waals surface area contributed by atoms with Gasteiger partial charge in [0.25, 0.3) is 11.5 Å².